The lowest BCUT2D eigenvalue weighted by atomic mass is 10.1. The van der Waals surface area contributed by atoms with Crippen molar-refractivity contribution in [3.05, 3.63) is 11.9 Å². The molecule has 0 aromatic carbocycles. The molecule has 0 radical (unpaired) electrons. The van der Waals surface area contributed by atoms with Gasteiger partial charge in [0.05, 0.1) is 36.7 Å². The van der Waals surface area contributed by atoms with E-state index in [0.29, 0.717) is 25.2 Å². The molecule has 2 aliphatic heterocycles. The molecule has 0 saturated carbocycles. The number of hydrogen-bond donors (Lipinski definition) is 2. The minimum Gasteiger partial charge on any atom is -0.465 e. The molecule has 1 fully saturated rings. The number of aliphatic hydroxyl groups is 1. The van der Waals surface area contributed by atoms with E-state index in [2.05, 4.69) is 5.10 Å². The van der Waals surface area contributed by atoms with E-state index < -0.39 is 6.09 Å². The van der Waals surface area contributed by atoms with Crippen LogP contribution in [0, 0.1) is 5.92 Å². The number of carboxylic acid groups (broad SMARTS) is 1. The summed E-state index contributed by atoms with van der Waals surface area (Å²) in [5.41, 5.74) is 1.40. The van der Waals surface area contributed by atoms with Crippen molar-refractivity contribution in [1.82, 2.24) is 14.7 Å². The number of carbonyl (C=O) groups excluding carboxylic acids is 1. The third-order valence-corrected chi connectivity index (χ3v) is 4.22. The lowest BCUT2D eigenvalue weighted by Crippen LogP contribution is -2.44. The van der Waals surface area contributed by atoms with Gasteiger partial charge in [-0.3, -0.25) is 14.4 Å². The van der Waals surface area contributed by atoms with Crippen LogP contribution < -0.4 is 4.90 Å². The maximum Gasteiger partial charge on any atom is 0.407 e. The van der Waals surface area contributed by atoms with E-state index >= 15 is 0 Å². The van der Waals surface area contributed by atoms with Gasteiger partial charge < -0.3 is 15.1 Å². The molecular weight excluding hydrogens is 276 g/mol. The van der Waals surface area contributed by atoms with Gasteiger partial charge in [0.1, 0.15) is 0 Å². The van der Waals surface area contributed by atoms with Gasteiger partial charge in [0.2, 0.25) is 5.91 Å². The van der Waals surface area contributed by atoms with E-state index in [-0.39, 0.29) is 31.0 Å². The Hall–Kier alpha value is -2.09. The lowest BCUT2D eigenvalue weighted by Gasteiger charge is -2.32. The highest BCUT2D eigenvalue weighted by atomic mass is 16.4. The molecule has 3 rings (SSSR count). The molecule has 0 aliphatic carbocycles. The van der Waals surface area contributed by atoms with Crippen LogP contribution in [0.15, 0.2) is 6.20 Å². The Morgan fingerprint density at radius 2 is 2.24 bits per heavy atom. The highest BCUT2D eigenvalue weighted by Crippen LogP contribution is 2.31. The molecule has 1 aromatic rings. The largest absolute Gasteiger partial charge is 0.465 e. The van der Waals surface area contributed by atoms with Gasteiger partial charge in [-0.05, 0) is 6.92 Å². The summed E-state index contributed by atoms with van der Waals surface area (Å²) in [6.07, 6.45) is 0.965. The molecule has 8 heteroatoms. The summed E-state index contributed by atoms with van der Waals surface area (Å²) in [7, 11) is 0. The molecule has 3 heterocycles. The summed E-state index contributed by atoms with van der Waals surface area (Å²) >= 11 is 0. The minimum atomic E-state index is -0.970. The molecule has 0 spiro atoms. The zero-order chi connectivity index (χ0) is 15.1. The minimum absolute atomic E-state index is 0.0238. The van der Waals surface area contributed by atoms with Gasteiger partial charge in [-0.1, -0.05) is 0 Å². The van der Waals surface area contributed by atoms with E-state index in [1.54, 1.807) is 15.8 Å². The molecule has 2 aliphatic rings. The number of carbonyl (C=O) groups is 2. The quantitative estimate of drug-likeness (QED) is 0.806. The summed E-state index contributed by atoms with van der Waals surface area (Å²) in [6, 6.07) is -0.151. The number of anilines is 1. The summed E-state index contributed by atoms with van der Waals surface area (Å²) in [5, 5.41) is 22.7. The molecule has 2 N–H and O–H groups in total. The predicted octanol–water partition coefficient (Wildman–Crippen LogP) is 0.110. The van der Waals surface area contributed by atoms with Crippen LogP contribution >= 0.6 is 0 Å². The van der Waals surface area contributed by atoms with Crippen molar-refractivity contribution in [2.75, 3.05) is 18.1 Å². The standard InChI is InChI=1S/C13H18N4O4/c1-8-4-17-11(6-15(8)13(20)21)10(3-14-17)16-5-9(7-18)2-12(16)19/h3,8-9,18H,2,4-7H2,1H3,(H,20,21)/t8-,9?/m0/s1. The number of amides is 2. The molecule has 0 bridgehead atoms. The Bertz CT molecular complexity index is 585. The SMILES string of the molecule is C[C@H]1Cn2ncc(N3CC(CO)CC3=O)c2CN1C(=O)O. The average Bonchev–Trinajstić information content (AvgIpc) is 3.00. The molecule has 1 saturated heterocycles. The number of aromatic nitrogens is 2. The van der Waals surface area contributed by atoms with Gasteiger partial charge >= 0.3 is 6.09 Å². The maximum atomic E-state index is 12.1. The molecule has 1 unspecified atom stereocenters. The van der Waals surface area contributed by atoms with Crippen LogP contribution in [-0.2, 0) is 17.9 Å². The van der Waals surface area contributed by atoms with Crippen molar-refractivity contribution >= 4 is 17.7 Å². The Labute approximate surface area is 121 Å². The molecule has 21 heavy (non-hydrogen) atoms. The zero-order valence-corrected chi connectivity index (χ0v) is 11.8. The van der Waals surface area contributed by atoms with Crippen LogP contribution in [0.2, 0.25) is 0 Å². The van der Waals surface area contributed by atoms with E-state index in [9.17, 15) is 19.8 Å². The van der Waals surface area contributed by atoms with E-state index in [1.807, 2.05) is 6.92 Å². The van der Waals surface area contributed by atoms with Crippen molar-refractivity contribution in [3.8, 4) is 0 Å². The van der Waals surface area contributed by atoms with Crippen molar-refractivity contribution in [2.45, 2.75) is 32.5 Å². The first-order valence-electron chi connectivity index (χ1n) is 6.96. The number of hydrogen-bond acceptors (Lipinski definition) is 4. The number of nitrogens with zero attached hydrogens (tertiary/aromatic N) is 4. The summed E-state index contributed by atoms with van der Waals surface area (Å²) in [6.45, 7) is 2.97. The highest BCUT2D eigenvalue weighted by Gasteiger charge is 2.35. The van der Waals surface area contributed by atoms with Crippen LogP contribution in [0.5, 0.6) is 0 Å². The second-order valence-corrected chi connectivity index (χ2v) is 5.68. The fourth-order valence-electron chi connectivity index (χ4n) is 3.01. The first-order chi connectivity index (χ1) is 10.0. The Morgan fingerprint density at radius 1 is 1.48 bits per heavy atom. The Morgan fingerprint density at radius 3 is 2.86 bits per heavy atom. The van der Waals surface area contributed by atoms with E-state index in [1.165, 1.54) is 4.90 Å². The van der Waals surface area contributed by atoms with E-state index in [0.717, 1.165) is 5.69 Å². The highest BCUT2D eigenvalue weighted by molar-refractivity contribution is 5.96. The number of fused-ring (bicyclic) bond motifs is 1. The van der Waals surface area contributed by atoms with Crippen molar-refractivity contribution < 1.29 is 19.8 Å². The Balaban J connectivity index is 1.90. The summed E-state index contributed by atoms with van der Waals surface area (Å²) < 4.78 is 1.76. The second-order valence-electron chi connectivity index (χ2n) is 5.68. The fourth-order valence-corrected chi connectivity index (χ4v) is 3.01. The van der Waals surface area contributed by atoms with Crippen molar-refractivity contribution in [3.63, 3.8) is 0 Å². The third-order valence-electron chi connectivity index (χ3n) is 4.22. The molecule has 1 aromatic heterocycles. The van der Waals surface area contributed by atoms with Crippen molar-refractivity contribution in [2.24, 2.45) is 5.92 Å². The molecule has 114 valence electrons. The van der Waals surface area contributed by atoms with Gasteiger partial charge in [0.15, 0.2) is 0 Å². The normalized spacial score (nSPS) is 25.3. The van der Waals surface area contributed by atoms with Crippen molar-refractivity contribution in [1.29, 1.82) is 0 Å². The second kappa shape index (κ2) is 5.03. The summed E-state index contributed by atoms with van der Waals surface area (Å²) in [4.78, 5) is 26.3. The fraction of sp³-hybridized carbons (Fsp3) is 0.615. The van der Waals surface area contributed by atoms with Crippen LogP contribution in [0.25, 0.3) is 0 Å². The van der Waals surface area contributed by atoms with Gasteiger partial charge in [0.25, 0.3) is 0 Å². The number of aliphatic hydroxyl groups excluding tert-OH is 1. The van der Waals surface area contributed by atoms with E-state index in [4.69, 9.17) is 0 Å². The van der Waals surface area contributed by atoms with Gasteiger partial charge in [0, 0.05) is 25.5 Å². The first-order valence-corrected chi connectivity index (χ1v) is 6.96. The smallest absolute Gasteiger partial charge is 0.407 e. The van der Waals surface area contributed by atoms with Crippen LogP contribution in [0.3, 0.4) is 0 Å². The van der Waals surface area contributed by atoms with Crippen LogP contribution in [-0.4, -0.2) is 56.1 Å². The zero-order valence-electron chi connectivity index (χ0n) is 11.8. The lowest BCUT2D eigenvalue weighted by molar-refractivity contribution is -0.117. The first kappa shape index (κ1) is 13.9. The molecular formula is C13H18N4O4. The van der Waals surface area contributed by atoms with Gasteiger partial charge in [-0.2, -0.15) is 5.10 Å². The Kier molecular flexibility index (Phi) is 3.32. The van der Waals surface area contributed by atoms with Crippen LogP contribution in [0.1, 0.15) is 19.0 Å². The molecule has 2 amide bonds. The van der Waals surface area contributed by atoms with Gasteiger partial charge in [-0.15, -0.1) is 0 Å². The topological polar surface area (TPSA) is 98.9 Å². The monoisotopic (exact) mass is 294 g/mol. The van der Waals surface area contributed by atoms with Crippen LogP contribution in [0.4, 0.5) is 10.5 Å². The average molecular weight is 294 g/mol. The maximum absolute atomic E-state index is 12.1. The third kappa shape index (κ3) is 2.25. The molecule has 2 atom stereocenters. The summed E-state index contributed by atoms with van der Waals surface area (Å²) in [5.74, 6) is -0.114. The number of rotatable bonds is 2. The van der Waals surface area contributed by atoms with Gasteiger partial charge in [-0.25, -0.2) is 4.79 Å². The predicted molar refractivity (Wildman–Crippen MR) is 72.8 cm³/mol. The molecule has 8 nitrogen and oxygen atoms in total.